The average molecular weight is 453 g/mol. The van der Waals surface area contributed by atoms with Gasteiger partial charge in [-0.05, 0) is 46.5 Å². The van der Waals surface area contributed by atoms with Crippen molar-refractivity contribution in [3.63, 3.8) is 0 Å². The quantitative estimate of drug-likeness (QED) is 0.395. The Morgan fingerprint density at radius 1 is 1.16 bits per heavy atom. The van der Waals surface area contributed by atoms with Crippen molar-refractivity contribution in [2.45, 2.75) is 70.2 Å². The third-order valence-electron chi connectivity index (χ3n) is 4.98. The largest absolute Gasteiger partial charge is 0.467 e. The van der Waals surface area contributed by atoms with Gasteiger partial charge in [0.15, 0.2) is 0 Å². The number of esters is 1. The normalized spacial score (nSPS) is 26.2. The number of fused-ring (bicyclic) bond motifs is 1. The summed E-state index contributed by atoms with van der Waals surface area (Å²) in [6.07, 6.45) is 3.82. The van der Waals surface area contributed by atoms with Crippen LogP contribution < -0.4 is 16.0 Å². The van der Waals surface area contributed by atoms with Crippen molar-refractivity contribution in [2.75, 3.05) is 20.2 Å². The third-order valence-corrected chi connectivity index (χ3v) is 4.98. The molecule has 0 aromatic carbocycles. The van der Waals surface area contributed by atoms with E-state index in [2.05, 4.69) is 16.0 Å². The molecule has 0 aromatic heterocycles. The van der Waals surface area contributed by atoms with E-state index >= 15 is 0 Å². The van der Waals surface area contributed by atoms with Gasteiger partial charge in [0, 0.05) is 6.54 Å². The van der Waals surface area contributed by atoms with Crippen LogP contribution >= 0.6 is 0 Å². The zero-order valence-electron chi connectivity index (χ0n) is 18.9. The van der Waals surface area contributed by atoms with E-state index in [1.165, 1.54) is 12.0 Å². The van der Waals surface area contributed by atoms with E-state index in [0.717, 1.165) is 0 Å². The molecule has 178 valence electrons. The third kappa shape index (κ3) is 7.24. The van der Waals surface area contributed by atoms with Gasteiger partial charge in [-0.15, -0.1) is 0 Å². The molecular formula is C21H32N4O7. The average Bonchev–Trinajstić information content (AvgIpc) is 3.20. The van der Waals surface area contributed by atoms with E-state index in [0.29, 0.717) is 19.4 Å². The van der Waals surface area contributed by atoms with Crippen molar-refractivity contribution >= 4 is 29.8 Å². The highest BCUT2D eigenvalue weighted by Gasteiger charge is 2.38. The van der Waals surface area contributed by atoms with Gasteiger partial charge in [0.25, 0.3) is 0 Å². The predicted octanol–water partition coefficient (Wildman–Crippen LogP) is -0.00530. The SMILES string of the molecule is COC(=O)[C@@H]1C/C=C/C[C@H](NC(=O)OC(C)(C)C)C(=O)N2CCC[C@H]2C(=O)NCC(=O)N1. The number of carbonyl (C=O) groups excluding carboxylic acids is 5. The Bertz CT molecular complexity index is 775. The summed E-state index contributed by atoms with van der Waals surface area (Å²) in [6, 6.07) is -2.65. The summed E-state index contributed by atoms with van der Waals surface area (Å²) in [5.41, 5.74) is -0.744. The number of alkyl carbamates (subject to hydrolysis) is 1. The van der Waals surface area contributed by atoms with Crippen LogP contribution in [0.1, 0.15) is 46.5 Å². The van der Waals surface area contributed by atoms with Gasteiger partial charge in [-0.1, -0.05) is 12.2 Å². The molecule has 0 aromatic rings. The maximum atomic E-state index is 13.2. The summed E-state index contributed by atoms with van der Waals surface area (Å²) in [5.74, 6) is -2.06. The van der Waals surface area contributed by atoms with Crippen molar-refractivity contribution < 1.29 is 33.4 Å². The van der Waals surface area contributed by atoms with E-state index in [4.69, 9.17) is 9.47 Å². The van der Waals surface area contributed by atoms with Gasteiger partial charge in [-0.2, -0.15) is 0 Å². The molecule has 0 aliphatic carbocycles. The number of amides is 4. The second kappa shape index (κ2) is 11.0. The molecule has 1 saturated heterocycles. The Hall–Kier alpha value is -3.11. The Morgan fingerprint density at radius 2 is 1.84 bits per heavy atom. The Balaban J connectivity index is 2.27. The number of methoxy groups -OCH3 is 1. The Kier molecular flexibility index (Phi) is 8.62. The molecule has 0 spiro atoms. The first-order valence-corrected chi connectivity index (χ1v) is 10.6. The molecule has 0 saturated carbocycles. The second-order valence-electron chi connectivity index (χ2n) is 8.69. The van der Waals surface area contributed by atoms with Crippen LogP contribution in [0.3, 0.4) is 0 Å². The lowest BCUT2D eigenvalue weighted by Crippen LogP contribution is -2.55. The Morgan fingerprint density at radius 3 is 2.50 bits per heavy atom. The van der Waals surface area contributed by atoms with Gasteiger partial charge in [-0.25, -0.2) is 9.59 Å². The summed E-state index contributed by atoms with van der Waals surface area (Å²) in [6.45, 7) is 5.16. The molecule has 2 rings (SSSR count). The topological polar surface area (TPSA) is 143 Å². The molecular weight excluding hydrogens is 420 g/mol. The van der Waals surface area contributed by atoms with E-state index in [1.54, 1.807) is 32.9 Å². The minimum Gasteiger partial charge on any atom is -0.467 e. The van der Waals surface area contributed by atoms with Crippen molar-refractivity contribution in [3.05, 3.63) is 12.2 Å². The molecule has 0 unspecified atom stereocenters. The minimum absolute atomic E-state index is 0.116. The number of nitrogens with one attached hydrogen (secondary N) is 3. The molecule has 2 heterocycles. The van der Waals surface area contributed by atoms with Crippen LogP contribution in [0.2, 0.25) is 0 Å². The highest BCUT2D eigenvalue weighted by atomic mass is 16.6. The fraction of sp³-hybridized carbons (Fsp3) is 0.667. The lowest BCUT2D eigenvalue weighted by molar-refractivity contribution is -0.145. The fourth-order valence-corrected chi connectivity index (χ4v) is 3.53. The molecule has 2 aliphatic heterocycles. The molecule has 4 amide bonds. The fourth-order valence-electron chi connectivity index (χ4n) is 3.53. The summed E-state index contributed by atoms with van der Waals surface area (Å²) in [4.78, 5) is 63.7. The first-order chi connectivity index (χ1) is 15.0. The predicted molar refractivity (Wildman–Crippen MR) is 113 cm³/mol. The van der Waals surface area contributed by atoms with Gasteiger partial charge in [0.2, 0.25) is 17.7 Å². The first kappa shape index (κ1) is 25.2. The van der Waals surface area contributed by atoms with Crippen molar-refractivity contribution in [1.82, 2.24) is 20.9 Å². The molecule has 32 heavy (non-hydrogen) atoms. The van der Waals surface area contributed by atoms with Crippen molar-refractivity contribution in [3.8, 4) is 0 Å². The molecule has 0 radical (unpaired) electrons. The first-order valence-electron chi connectivity index (χ1n) is 10.6. The number of nitrogens with zero attached hydrogens (tertiary/aromatic N) is 1. The Labute approximate surface area is 187 Å². The maximum Gasteiger partial charge on any atom is 0.408 e. The minimum atomic E-state index is -0.955. The molecule has 1 fully saturated rings. The molecule has 11 nitrogen and oxygen atoms in total. The second-order valence-corrected chi connectivity index (χ2v) is 8.69. The maximum absolute atomic E-state index is 13.2. The number of rotatable bonds is 2. The number of hydrogen-bond acceptors (Lipinski definition) is 7. The standard InChI is InChI=1S/C21H32N4O7/c1-21(2,3)32-20(30)24-13-8-5-6-9-14(19(29)31-4)23-16(26)12-22-17(27)15-10-7-11-25(15)18(13)28/h5-6,13-15H,7-12H2,1-4H3,(H,22,27)(H,23,26)(H,24,30)/b6-5+/t13-,14-,15-/m0/s1. The van der Waals surface area contributed by atoms with Crippen molar-refractivity contribution in [2.24, 2.45) is 0 Å². The number of carbonyl (C=O) groups is 5. The smallest absolute Gasteiger partial charge is 0.408 e. The zero-order valence-corrected chi connectivity index (χ0v) is 18.9. The molecule has 2 aliphatic rings. The summed E-state index contributed by atoms with van der Waals surface area (Å²) >= 11 is 0. The van der Waals surface area contributed by atoms with Gasteiger partial charge < -0.3 is 30.3 Å². The van der Waals surface area contributed by atoms with Crippen LogP contribution in [0.5, 0.6) is 0 Å². The highest BCUT2D eigenvalue weighted by Crippen LogP contribution is 2.20. The van der Waals surface area contributed by atoms with E-state index in [-0.39, 0.29) is 19.4 Å². The monoisotopic (exact) mass is 452 g/mol. The molecule has 0 bridgehead atoms. The van der Waals surface area contributed by atoms with Crippen LogP contribution in [0.4, 0.5) is 4.79 Å². The lowest BCUT2D eigenvalue weighted by atomic mass is 10.1. The zero-order chi connectivity index (χ0) is 23.9. The van der Waals surface area contributed by atoms with Crippen molar-refractivity contribution in [1.29, 1.82) is 0 Å². The molecule has 11 heteroatoms. The summed E-state index contributed by atoms with van der Waals surface area (Å²) in [7, 11) is 1.21. The lowest BCUT2D eigenvalue weighted by Gasteiger charge is -2.29. The van der Waals surface area contributed by atoms with Gasteiger partial charge in [-0.3, -0.25) is 14.4 Å². The number of ether oxygens (including phenoxy) is 2. The van der Waals surface area contributed by atoms with Crippen LogP contribution in [-0.2, 0) is 28.7 Å². The van der Waals surface area contributed by atoms with Gasteiger partial charge in [0.05, 0.1) is 13.7 Å². The van der Waals surface area contributed by atoms with E-state index < -0.39 is 53.5 Å². The van der Waals surface area contributed by atoms with Crippen LogP contribution in [0, 0.1) is 0 Å². The summed E-state index contributed by atoms with van der Waals surface area (Å²) < 4.78 is 9.99. The molecule has 3 atom stereocenters. The summed E-state index contributed by atoms with van der Waals surface area (Å²) in [5, 5.41) is 7.63. The molecule has 3 N–H and O–H groups in total. The van der Waals surface area contributed by atoms with Crippen LogP contribution in [-0.4, -0.2) is 78.6 Å². The van der Waals surface area contributed by atoms with Crippen LogP contribution in [0.15, 0.2) is 12.2 Å². The highest BCUT2D eigenvalue weighted by molar-refractivity contribution is 5.94. The van der Waals surface area contributed by atoms with Crippen LogP contribution in [0.25, 0.3) is 0 Å². The van der Waals surface area contributed by atoms with Gasteiger partial charge in [0.1, 0.15) is 23.7 Å². The van der Waals surface area contributed by atoms with E-state index in [9.17, 15) is 24.0 Å². The van der Waals surface area contributed by atoms with E-state index in [1.807, 2.05) is 0 Å². The number of hydrogen-bond donors (Lipinski definition) is 3. The van der Waals surface area contributed by atoms with Gasteiger partial charge >= 0.3 is 12.1 Å².